The van der Waals surface area contributed by atoms with Gasteiger partial charge in [-0.3, -0.25) is 4.79 Å². The van der Waals surface area contributed by atoms with Crippen LogP contribution in [0.3, 0.4) is 0 Å². The zero-order valence-corrected chi connectivity index (χ0v) is 11.8. The highest BCUT2D eigenvalue weighted by atomic mass is 35.5. The van der Waals surface area contributed by atoms with Crippen LogP contribution in [0.15, 0.2) is 24.3 Å². The van der Waals surface area contributed by atoms with Crippen molar-refractivity contribution < 1.29 is 9.90 Å². The zero-order chi connectivity index (χ0) is 13.8. The number of hydrogen-bond donors (Lipinski definition) is 1. The molecule has 1 heterocycles. The van der Waals surface area contributed by atoms with E-state index in [4.69, 9.17) is 16.7 Å². The molecule has 0 saturated carbocycles. The molecule has 2 rings (SSSR count). The van der Waals surface area contributed by atoms with Gasteiger partial charge in [0.05, 0.1) is 6.54 Å². The molecule has 2 aromatic rings. The molecular weight excluding hydrogens is 286 g/mol. The summed E-state index contributed by atoms with van der Waals surface area (Å²) in [4.78, 5) is 12.7. The van der Waals surface area contributed by atoms with Gasteiger partial charge in [-0.05, 0) is 19.1 Å². The van der Waals surface area contributed by atoms with Gasteiger partial charge in [-0.1, -0.05) is 33.8 Å². The molecule has 7 heteroatoms. The molecule has 0 radical (unpaired) electrons. The Hall–Kier alpha value is -1.66. The van der Waals surface area contributed by atoms with Gasteiger partial charge in [0.1, 0.15) is 16.6 Å². The van der Waals surface area contributed by atoms with Crippen molar-refractivity contribution in [3.63, 3.8) is 0 Å². The van der Waals surface area contributed by atoms with Crippen molar-refractivity contribution in [1.82, 2.24) is 9.59 Å². The van der Waals surface area contributed by atoms with Crippen molar-refractivity contribution in [1.29, 1.82) is 0 Å². The van der Waals surface area contributed by atoms with Crippen LogP contribution in [0.25, 0.3) is 0 Å². The molecule has 0 unspecified atom stereocenters. The minimum absolute atomic E-state index is 0.114. The van der Waals surface area contributed by atoms with Gasteiger partial charge in [-0.2, -0.15) is 0 Å². The lowest BCUT2D eigenvalue weighted by Gasteiger charge is -2.22. The van der Waals surface area contributed by atoms with E-state index in [0.717, 1.165) is 22.8 Å². The number of rotatable bonds is 5. The van der Waals surface area contributed by atoms with Crippen LogP contribution < -0.4 is 4.90 Å². The van der Waals surface area contributed by atoms with E-state index in [0.29, 0.717) is 16.6 Å². The Kier molecular flexibility index (Phi) is 4.34. The van der Waals surface area contributed by atoms with Crippen molar-refractivity contribution in [2.45, 2.75) is 13.5 Å². The standard InChI is InChI=1S/C12H12ClN3O2S/c1-8-2-4-9(5-3-8)16(7-11(17)18)6-10-12(13)19-15-14-10/h2-5H,6-7H2,1H3,(H,17,18). The van der Waals surface area contributed by atoms with Crippen LogP contribution in [0.2, 0.25) is 4.34 Å². The number of carbonyl (C=O) groups is 1. The van der Waals surface area contributed by atoms with Crippen LogP contribution in [0.5, 0.6) is 0 Å². The van der Waals surface area contributed by atoms with E-state index in [9.17, 15) is 4.79 Å². The summed E-state index contributed by atoms with van der Waals surface area (Å²) < 4.78 is 4.24. The van der Waals surface area contributed by atoms with Crippen molar-refractivity contribution in [3.8, 4) is 0 Å². The first kappa shape index (κ1) is 13.8. The normalized spacial score (nSPS) is 10.4. The van der Waals surface area contributed by atoms with Crippen molar-refractivity contribution in [2.24, 2.45) is 0 Å². The summed E-state index contributed by atoms with van der Waals surface area (Å²) in [6.45, 7) is 2.19. The van der Waals surface area contributed by atoms with Gasteiger partial charge >= 0.3 is 5.97 Å². The number of halogens is 1. The average Bonchev–Trinajstić information content (AvgIpc) is 2.75. The summed E-state index contributed by atoms with van der Waals surface area (Å²) in [5, 5.41) is 12.9. The summed E-state index contributed by atoms with van der Waals surface area (Å²) in [5.41, 5.74) is 2.53. The minimum Gasteiger partial charge on any atom is -0.480 e. The van der Waals surface area contributed by atoms with Crippen LogP contribution in [0, 0.1) is 6.92 Å². The molecule has 5 nitrogen and oxygen atoms in total. The van der Waals surface area contributed by atoms with Gasteiger partial charge < -0.3 is 10.0 Å². The second kappa shape index (κ2) is 5.99. The summed E-state index contributed by atoms with van der Waals surface area (Å²) in [6.07, 6.45) is 0. The Morgan fingerprint density at radius 3 is 2.63 bits per heavy atom. The molecule has 0 saturated heterocycles. The lowest BCUT2D eigenvalue weighted by atomic mass is 10.2. The molecule has 0 aliphatic heterocycles. The molecule has 1 aromatic carbocycles. The number of aromatic nitrogens is 2. The van der Waals surface area contributed by atoms with Crippen LogP contribution in [-0.4, -0.2) is 27.2 Å². The third-order valence-corrected chi connectivity index (χ3v) is 3.56. The van der Waals surface area contributed by atoms with Gasteiger partial charge in [0.2, 0.25) is 0 Å². The van der Waals surface area contributed by atoms with Crippen molar-refractivity contribution in [3.05, 3.63) is 39.9 Å². The zero-order valence-electron chi connectivity index (χ0n) is 10.2. The van der Waals surface area contributed by atoms with Crippen molar-refractivity contribution >= 4 is 34.8 Å². The highest BCUT2D eigenvalue weighted by Crippen LogP contribution is 2.22. The number of carboxylic acid groups (broad SMARTS) is 1. The van der Waals surface area contributed by atoms with E-state index in [2.05, 4.69) is 9.59 Å². The fourth-order valence-electron chi connectivity index (χ4n) is 1.63. The van der Waals surface area contributed by atoms with E-state index in [1.807, 2.05) is 31.2 Å². The first-order valence-electron chi connectivity index (χ1n) is 5.56. The van der Waals surface area contributed by atoms with Gasteiger partial charge in [0, 0.05) is 17.2 Å². The third kappa shape index (κ3) is 3.65. The number of benzene rings is 1. The fraction of sp³-hybridized carbons (Fsp3) is 0.250. The maximum atomic E-state index is 11.0. The Labute approximate surface area is 119 Å². The summed E-state index contributed by atoms with van der Waals surface area (Å²) in [7, 11) is 0. The van der Waals surface area contributed by atoms with E-state index in [1.54, 1.807) is 4.90 Å². The van der Waals surface area contributed by atoms with Crippen LogP contribution in [0.1, 0.15) is 11.3 Å². The molecule has 0 aliphatic rings. The number of hydrogen-bond acceptors (Lipinski definition) is 5. The Morgan fingerprint density at radius 2 is 2.11 bits per heavy atom. The molecule has 0 amide bonds. The van der Waals surface area contributed by atoms with Gasteiger partial charge in [0.15, 0.2) is 0 Å². The van der Waals surface area contributed by atoms with Crippen LogP contribution in [0.4, 0.5) is 5.69 Å². The number of carboxylic acids is 1. The monoisotopic (exact) mass is 297 g/mol. The second-order valence-corrected chi connectivity index (χ2v) is 5.43. The van der Waals surface area contributed by atoms with Crippen LogP contribution in [-0.2, 0) is 11.3 Å². The number of anilines is 1. The number of nitrogens with zero attached hydrogens (tertiary/aromatic N) is 3. The molecule has 0 aliphatic carbocycles. The molecule has 100 valence electrons. The first-order chi connectivity index (χ1) is 9.06. The largest absolute Gasteiger partial charge is 0.480 e. The first-order valence-corrected chi connectivity index (χ1v) is 6.71. The van der Waals surface area contributed by atoms with Gasteiger partial charge in [-0.25, -0.2) is 0 Å². The number of aliphatic carboxylic acids is 1. The second-order valence-electron chi connectivity index (χ2n) is 4.08. The smallest absolute Gasteiger partial charge is 0.323 e. The maximum Gasteiger partial charge on any atom is 0.323 e. The quantitative estimate of drug-likeness (QED) is 0.919. The minimum atomic E-state index is -0.903. The summed E-state index contributed by atoms with van der Waals surface area (Å²) in [5.74, 6) is -0.903. The topological polar surface area (TPSA) is 66.3 Å². The van der Waals surface area contributed by atoms with Gasteiger partial charge in [-0.15, -0.1) is 5.10 Å². The van der Waals surface area contributed by atoms with E-state index < -0.39 is 5.97 Å². The average molecular weight is 298 g/mol. The number of aryl methyl sites for hydroxylation is 1. The third-order valence-electron chi connectivity index (χ3n) is 2.58. The highest BCUT2D eigenvalue weighted by molar-refractivity contribution is 7.10. The predicted molar refractivity (Wildman–Crippen MR) is 74.8 cm³/mol. The van der Waals surface area contributed by atoms with Gasteiger partial charge in [0.25, 0.3) is 0 Å². The Bertz CT molecular complexity index is 571. The lowest BCUT2D eigenvalue weighted by Crippen LogP contribution is -2.29. The molecule has 0 bridgehead atoms. The Morgan fingerprint density at radius 1 is 1.42 bits per heavy atom. The summed E-state index contributed by atoms with van der Waals surface area (Å²) in [6, 6.07) is 7.63. The molecule has 1 N–H and O–H groups in total. The van der Waals surface area contributed by atoms with Crippen molar-refractivity contribution in [2.75, 3.05) is 11.4 Å². The molecule has 0 fully saturated rings. The highest BCUT2D eigenvalue weighted by Gasteiger charge is 2.15. The maximum absolute atomic E-state index is 11.0. The fourth-order valence-corrected chi connectivity index (χ4v) is 2.24. The lowest BCUT2D eigenvalue weighted by molar-refractivity contribution is -0.135. The molecule has 0 atom stereocenters. The molecule has 19 heavy (non-hydrogen) atoms. The van der Waals surface area contributed by atoms with E-state index in [1.165, 1.54) is 0 Å². The predicted octanol–water partition coefficient (Wildman–Crippen LogP) is 2.59. The molecule has 1 aromatic heterocycles. The molecule has 0 spiro atoms. The SMILES string of the molecule is Cc1ccc(N(CC(=O)O)Cc2nnsc2Cl)cc1. The molecular formula is C12H12ClN3O2S. The Balaban J connectivity index is 2.23. The van der Waals surface area contributed by atoms with E-state index in [-0.39, 0.29) is 6.54 Å². The van der Waals surface area contributed by atoms with Crippen LogP contribution >= 0.6 is 23.1 Å². The summed E-state index contributed by atoms with van der Waals surface area (Å²) >= 11 is 7.05. The van der Waals surface area contributed by atoms with E-state index >= 15 is 0 Å².